The van der Waals surface area contributed by atoms with Crippen molar-refractivity contribution in [3.63, 3.8) is 0 Å². The number of H-pyrrole nitrogens is 1. The van der Waals surface area contributed by atoms with Crippen LogP contribution in [0.2, 0.25) is 0 Å². The van der Waals surface area contributed by atoms with Gasteiger partial charge in [0, 0.05) is 29.2 Å². The fraction of sp³-hybridized carbons (Fsp3) is 0.318. The smallest absolute Gasteiger partial charge is 0.206 e. The Morgan fingerprint density at radius 2 is 1.97 bits per heavy atom. The molecule has 7 heteroatoms. The molecule has 0 aliphatic heterocycles. The predicted molar refractivity (Wildman–Crippen MR) is 120 cm³/mol. The monoisotopic (exact) mass is 406 g/mol. The summed E-state index contributed by atoms with van der Waals surface area (Å²) >= 11 is 1.55. The third-order valence-electron chi connectivity index (χ3n) is 5.28. The highest BCUT2D eigenvalue weighted by molar-refractivity contribution is 7.18. The van der Waals surface area contributed by atoms with Gasteiger partial charge in [0.1, 0.15) is 5.01 Å². The number of aromatic nitrogens is 4. The SMILES string of the molecule is CCC(CC(N)CNc1nnc(-c2ccc3n[nH]c(C)c3c2)s1)c1ccccc1. The molecule has 150 valence electrons. The molecule has 6 nitrogen and oxygen atoms in total. The van der Waals surface area contributed by atoms with Crippen molar-refractivity contribution in [1.82, 2.24) is 20.4 Å². The van der Waals surface area contributed by atoms with E-state index in [2.05, 4.69) is 69.0 Å². The standard InChI is InChI=1S/C22H26N6S/c1-3-15(16-7-5-4-6-8-16)11-18(23)13-24-22-28-27-21(29-22)17-9-10-20-19(12-17)14(2)25-26-20/h4-10,12,15,18H,3,11,13,23H2,1-2H3,(H,24,28)(H,25,26). The first kappa shape index (κ1) is 19.5. The summed E-state index contributed by atoms with van der Waals surface area (Å²) in [5.74, 6) is 0.475. The molecule has 2 atom stereocenters. The summed E-state index contributed by atoms with van der Waals surface area (Å²) in [5.41, 5.74) is 10.8. The lowest BCUT2D eigenvalue weighted by molar-refractivity contribution is 0.528. The Morgan fingerprint density at radius 3 is 2.76 bits per heavy atom. The Hall–Kier alpha value is -2.77. The van der Waals surface area contributed by atoms with Gasteiger partial charge in [-0.15, -0.1) is 10.2 Å². The van der Waals surface area contributed by atoms with E-state index in [1.165, 1.54) is 5.56 Å². The summed E-state index contributed by atoms with van der Waals surface area (Å²) < 4.78 is 0. The number of benzene rings is 2. The molecule has 2 heterocycles. The van der Waals surface area contributed by atoms with Gasteiger partial charge in [-0.1, -0.05) is 48.6 Å². The summed E-state index contributed by atoms with van der Waals surface area (Å²) in [5, 5.41) is 22.1. The lowest BCUT2D eigenvalue weighted by Gasteiger charge is -2.20. The average molecular weight is 407 g/mol. The molecule has 2 aromatic carbocycles. The molecule has 0 aliphatic rings. The van der Waals surface area contributed by atoms with Crippen LogP contribution in [0.3, 0.4) is 0 Å². The molecule has 29 heavy (non-hydrogen) atoms. The van der Waals surface area contributed by atoms with Crippen LogP contribution in [0.25, 0.3) is 21.5 Å². The molecular weight excluding hydrogens is 380 g/mol. The number of fused-ring (bicyclic) bond motifs is 1. The Labute approximate surface area is 174 Å². The zero-order valence-electron chi connectivity index (χ0n) is 16.7. The number of nitrogens with zero attached hydrogens (tertiary/aromatic N) is 3. The third-order valence-corrected chi connectivity index (χ3v) is 6.21. The summed E-state index contributed by atoms with van der Waals surface area (Å²) in [6, 6.07) is 16.8. The van der Waals surface area contributed by atoms with E-state index >= 15 is 0 Å². The molecule has 2 aromatic heterocycles. The van der Waals surface area contributed by atoms with E-state index < -0.39 is 0 Å². The van der Waals surface area contributed by atoms with E-state index in [0.717, 1.165) is 45.1 Å². The zero-order chi connectivity index (χ0) is 20.2. The molecule has 4 aromatic rings. The first-order valence-corrected chi connectivity index (χ1v) is 10.8. The molecule has 0 amide bonds. The van der Waals surface area contributed by atoms with Crippen molar-refractivity contribution in [2.24, 2.45) is 5.73 Å². The fourth-order valence-electron chi connectivity index (χ4n) is 3.61. The summed E-state index contributed by atoms with van der Waals surface area (Å²) in [6.07, 6.45) is 2.02. The predicted octanol–water partition coefficient (Wildman–Crippen LogP) is 4.71. The lowest BCUT2D eigenvalue weighted by Crippen LogP contribution is -2.30. The number of aryl methyl sites for hydroxylation is 1. The second-order valence-electron chi connectivity index (χ2n) is 7.39. The van der Waals surface area contributed by atoms with Gasteiger partial charge >= 0.3 is 0 Å². The minimum atomic E-state index is 0.0532. The van der Waals surface area contributed by atoms with Crippen LogP contribution in [0.5, 0.6) is 0 Å². The van der Waals surface area contributed by atoms with Crippen LogP contribution in [0.1, 0.15) is 36.9 Å². The zero-order valence-corrected chi connectivity index (χ0v) is 17.5. The molecule has 0 fully saturated rings. The number of hydrogen-bond donors (Lipinski definition) is 3. The van der Waals surface area contributed by atoms with E-state index in [0.29, 0.717) is 12.5 Å². The number of hydrogen-bond acceptors (Lipinski definition) is 6. The van der Waals surface area contributed by atoms with Gasteiger partial charge in [0.2, 0.25) is 5.13 Å². The summed E-state index contributed by atoms with van der Waals surface area (Å²) in [6.45, 7) is 4.91. The molecule has 0 saturated heterocycles. The number of nitrogens with two attached hydrogens (primary N) is 1. The Morgan fingerprint density at radius 1 is 1.14 bits per heavy atom. The second-order valence-corrected chi connectivity index (χ2v) is 8.36. The van der Waals surface area contributed by atoms with Gasteiger partial charge < -0.3 is 11.1 Å². The van der Waals surface area contributed by atoms with Gasteiger partial charge in [-0.25, -0.2) is 0 Å². The van der Waals surface area contributed by atoms with Gasteiger partial charge in [0.25, 0.3) is 0 Å². The fourth-order valence-corrected chi connectivity index (χ4v) is 4.36. The van der Waals surface area contributed by atoms with Gasteiger partial charge in [-0.2, -0.15) is 5.10 Å². The van der Waals surface area contributed by atoms with Crippen LogP contribution in [0.15, 0.2) is 48.5 Å². The van der Waals surface area contributed by atoms with Gasteiger partial charge in [-0.05, 0) is 49.4 Å². The maximum atomic E-state index is 6.40. The average Bonchev–Trinajstić information content (AvgIpc) is 3.38. The molecule has 4 N–H and O–H groups in total. The van der Waals surface area contributed by atoms with Gasteiger partial charge in [0.15, 0.2) is 0 Å². The Bertz CT molecular complexity index is 1070. The van der Waals surface area contributed by atoms with Gasteiger partial charge in [0.05, 0.1) is 5.52 Å². The number of nitrogens with one attached hydrogen (secondary N) is 2. The van der Waals surface area contributed by atoms with Crippen molar-refractivity contribution in [3.8, 4) is 10.6 Å². The second kappa shape index (κ2) is 8.71. The van der Waals surface area contributed by atoms with Crippen LogP contribution in [0, 0.1) is 6.92 Å². The number of aromatic amines is 1. The maximum absolute atomic E-state index is 6.40. The van der Waals surface area contributed by atoms with Crippen LogP contribution < -0.4 is 11.1 Å². The Kier molecular flexibility index (Phi) is 5.87. The summed E-state index contributed by atoms with van der Waals surface area (Å²) in [7, 11) is 0. The molecule has 0 radical (unpaired) electrons. The highest BCUT2D eigenvalue weighted by Crippen LogP contribution is 2.30. The first-order valence-electron chi connectivity index (χ1n) is 9.97. The number of rotatable bonds is 8. The van der Waals surface area contributed by atoms with Crippen molar-refractivity contribution in [1.29, 1.82) is 0 Å². The molecule has 0 bridgehead atoms. The van der Waals surface area contributed by atoms with Crippen molar-refractivity contribution in [2.75, 3.05) is 11.9 Å². The van der Waals surface area contributed by atoms with Crippen LogP contribution in [-0.4, -0.2) is 33.0 Å². The van der Waals surface area contributed by atoms with Crippen LogP contribution in [0.4, 0.5) is 5.13 Å². The van der Waals surface area contributed by atoms with Crippen LogP contribution >= 0.6 is 11.3 Å². The van der Waals surface area contributed by atoms with E-state index in [9.17, 15) is 0 Å². The van der Waals surface area contributed by atoms with E-state index in [1.54, 1.807) is 11.3 Å². The minimum Gasteiger partial charge on any atom is -0.359 e. The summed E-state index contributed by atoms with van der Waals surface area (Å²) in [4.78, 5) is 0. The quantitative estimate of drug-likeness (QED) is 0.394. The highest BCUT2D eigenvalue weighted by atomic mass is 32.1. The molecule has 2 unspecified atom stereocenters. The first-order chi connectivity index (χ1) is 14.1. The normalized spacial score (nSPS) is 13.5. The van der Waals surface area contributed by atoms with Gasteiger partial charge in [-0.3, -0.25) is 5.10 Å². The minimum absolute atomic E-state index is 0.0532. The van der Waals surface area contributed by atoms with Crippen molar-refractivity contribution < 1.29 is 0 Å². The highest BCUT2D eigenvalue weighted by Gasteiger charge is 2.15. The molecule has 0 saturated carbocycles. The van der Waals surface area contributed by atoms with Crippen molar-refractivity contribution in [2.45, 2.75) is 38.6 Å². The topological polar surface area (TPSA) is 92.5 Å². The largest absolute Gasteiger partial charge is 0.359 e. The lowest BCUT2D eigenvalue weighted by atomic mass is 9.90. The molecule has 4 rings (SSSR count). The van der Waals surface area contributed by atoms with Crippen LogP contribution in [-0.2, 0) is 0 Å². The van der Waals surface area contributed by atoms with E-state index in [-0.39, 0.29) is 6.04 Å². The van der Waals surface area contributed by atoms with E-state index in [1.807, 2.05) is 19.1 Å². The molecule has 0 spiro atoms. The molecule has 0 aliphatic carbocycles. The molecular formula is C22H26N6S. The Balaban J connectivity index is 1.38. The number of anilines is 1. The maximum Gasteiger partial charge on any atom is 0.206 e. The third kappa shape index (κ3) is 4.46. The van der Waals surface area contributed by atoms with Crippen molar-refractivity contribution in [3.05, 3.63) is 59.8 Å². The van der Waals surface area contributed by atoms with Crippen molar-refractivity contribution >= 4 is 27.4 Å². The van der Waals surface area contributed by atoms with E-state index in [4.69, 9.17) is 5.73 Å².